The Balaban J connectivity index is 0.874. The Bertz CT molecular complexity index is 2510. The molecule has 0 bridgehead atoms. The SMILES string of the molecule is COC(=O)N[C@H](C(=O)N1CCCC1c1ncc(-c2ccc(-c3ccc4cc(-c5cnc(C6CCCN6C(=O)C(c6ccccc6)N6CCCC6)[nH]5)ccc4c3)cc2)[nH]1)C(C)C. The van der Waals surface area contributed by atoms with Crippen molar-refractivity contribution in [2.75, 3.05) is 33.3 Å². The van der Waals surface area contributed by atoms with Crippen molar-refractivity contribution in [3.8, 4) is 33.6 Å². The summed E-state index contributed by atoms with van der Waals surface area (Å²) < 4.78 is 4.78. The Morgan fingerprint density at radius 1 is 0.656 bits per heavy atom. The molecule has 12 nitrogen and oxygen atoms in total. The third-order valence-corrected chi connectivity index (χ3v) is 12.8. The summed E-state index contributed by atoms with van der Waals surface area (Å²) in [5.41, 5.74) is 7.18. The lowest BCUT2D eigenvalue weighted by Gasteiger charge is -2.33. The number of hydrogen-bond donors (Lipinski definition) is 3. The highest BCUT2D eigenvalue weighted by molar-refractivity contribution is 5.91. The third-order valence-electron chi connectivity index (χ3n) is 12.8. The largest absolute Gasteiger partial charge is 0.453 e. The number of imidazole rings is 2. The second kappa shape index (κ2) is 17.4. The normalized spacial score (nSPS) is 19.1. The summed E-state index contributed by atoms with van der Waals surface area (Å²) in [5.74, 6) is 1.54. The molecular formula is C49H54N8O4. The molecule has 3 fully saturated rings. The van der Waals surface area contributed by atoms with E-state index in [9.17, 15) is 14.4 Å². The number of aromatic nitrogens is 4. The van der Waals surface area contributed by atoms with Crippen molar-refractivity contribution in [1.29, 1.82) is 0 Å². The maximum Gasteiger partial charge on any atom is 0.407 e. The van der Waals surface area contributed by atoms with Crippen LogP contribution in [0.1, 0.15) is 87.7 Å². The molecule has 3 aliphatic heterocycles. The molecule has 12 heteroatoms. The monoisotopic (exact) mass is 818 g/mol. The van der Waals surface area contributed by atoms with Crippen LogP contribution in [0.3, 0.4) is 0 Å². The van der Waals surface area contributed by atoms with E-state index < -0.39 is 12.1 Å². The zero-order chi connectivity index (χ0) is 42.0. The zero-order valence-corrected chi connectivity index (χ0v) is 35.1. The Kier molecular flexibility index (Phi) is 11.4. The molecule has 0 aliphatic carbocycles. The van der Waals surface area contributed by atoms with Crippen LogP contribution in [0.2, 0.25) is 0 Å². The fraction of sp³-hybridized carbons (Fsp3) is 0.367. The number of aromatic amines is 2. The van der Waals surface area contributed by atoms with Gasteiger partial charge in [0, 0.05) is 18.7 Å². The summed E-state index contributed by atoms with van der Waals surface area (Å²) in [7, 11) is 1.30. The lowest BCUT2D eigenvalue weighted by molar-refractivity contribution is -0.138. The summed E-state index contributed by atoms with van der Waals surface area (Å²) in [6.45, 7) is 7.07. The molecule has 3 aliphatic rings. The van der Waals surface area contributed by atoms with E-state index in [2.05, 4.69) is 97.9 Å². The van der Waals surface area contributed by atoms with Crippen molar-refractivity contribution < 1.29 is 19.1 Å². The van der Waals surface area contributed by atoms with E-state index in [0.717, 1.165) is 120 Å². The highest BCUT2D eigenvalue weighted by Gasteiger charge is 2.40. The van der Waals surface area contributed by atoms with Gasteiger partial charge in [0.25, 0.3) is 0 Å². The van der Waals surface area contributed by atoms with Crippen LogP contribution in [0.15, 0.2) is 103 Å². The van der Waals surface area contributed by atoms with Gasteiger partial charge in [-0.05, 0) is 103 Å². The minimum atomic E-state index is -0.678. The second-order valence-electron chi connectivity index (χ2n) is 17.0. The van der Waals surface area contributed by atoms with Crippen LogP contribution >= 0.6 is 0 Å². The number of methoxy groups -OCH3 is 1. The highest BCUT2D eigenvalue weighted by atomic mass is 16.5. The molecular weight excluding hydrogens is 765 g/mol. The number of rotatable bonds is 11. The highest BCUT2D eigenvalue weighted by Crippen LogP contribution is 2.38. The van der Waals surface area contributed by atoms with Crippen LogP contribution in [-0.2, 0) is 14.3 Å². The second-order valence-corrected chi connectivity index (χ2v) is 17.0. The molecule has 0 spiro atoms. The number of ether oxygens (including phenoxy) is 1. The molecule has 5 heterocycles. The first kappa shape index (κ1) is 40.2. The number of H-pyrrole nitrogens is 2. The third kappa shape index (κ3) is 8.16. The average molecular weight is 819 g/mol. The van der Waals surface area contributed by atoms with Gasteiger partial charge < -0.3 is 29.8 Å². The number of nitrogens with zero attached hydrogens (tertiary/aromatic N) is 5. The molecule has 314 valence electrons. The molecule has 3 saturated heterocycles. The number of alkyl carbamates (subject to hydrolysis) is 1. The van der Waals surface area contributed by atoms with Gasteiger partial charge in [-0.3, -0.25) is 14.5 Å². The van der Waals surface area contributed by atoms with E-state index in [1.54, 1.807) is 0 Å². The minimum absolute atomic E-state index is 0.0750. The molecule has 3 N–H and O–H groups in total. The zero-order valence-electron chi connectivity index (χ0n) is 35.1. The van der Waals surface area contributed by atoms with Crippen LogP contribution in [0.25, 0.3) is 44.4 Å². The quantitative estimate of drug-likeness (QED) is 0.119. The first-order chi connectivity index (χ1) is 29.7. The molecule has 0 radical (unpaired) electrons. The van der Waals surface area contributed by atoms with Crippen molar-refractivity contribution in [1.82, 2.24) is 40.0 Å². The summed E-state index contributed by atoms with van der Waals surface area (Å²) in [5, 5.41) is 4.99. The van der Waals surface area contributed by atoms with Crippen LogP contribution in [0.4, 0.5) is 4.79 Å². The number of nitrogens with one attached hydrogen (secondary N) is 3. The van der Waals surface area contributed by atoms with E-state index in [4.69, 9.17) is 14.7 Å². The Morgan fingerprint density at radius 3 is 1.80 bits per heavy atom. The van der Waals surface area contributed by atoms with Gasteiger partial charge in [-0.15, -0.1) is 0 Å². The first-order valence-corrected chi connectivity index (χ1v) is 21.7. The van der Waals surface area contributed by atoms with E-state index in [1.807, 2.05) is 49.3 Å². The lowest BCUT2D eigenvalue weighted by atomic mass is 9.98. The molecule has 9 rings (SSSR count). The molecule has 3 unspecified atom stereocenters. The summed E-state index contributed by atoms with van der Waals surface area (Å²) in [4.78, 5) is 62.8. The van der Waals surface area contributed by atoms with Crippen LogP contribution in [-0.4, -0.2) is 91.9 Å². The fourth-order valence-corrected chi connectivity index (χ4v) is 9.55. The van der Waals surface area contributed by atoms with Crippen LogP contribution in [0, 0.1) is 5.92 Å². The predicted molar refractivity (Wildman–Crippen MR) is 236 cm³/mol. The number of amides is 3. The standard InChI is InChI=1S/C49H54N8O4/c1-31(2)43(54-49(60)61-3)47(58)56-25-9-13-41(56)45-50-29-39(52-45)33-17-15-32(16-18-33)35-19-20-37-28-38(22-21-36(37)27-35)40-30-51-46(53-40)42-14-10-26-57(42)48(59)44(55-23-7-8-24-55)34-11-5-4-6-12-34/h4-6,11-12,15-22,27-31,41-44H,7-10,13-14,23-26H2,1-3H3,(H,50,52)(H,51,53)(H,54,60)/t41?,42?,43-,44?/m0/s1. The topological polar surface area (TPSA) is 140 Å². The van der Waals surface area contributed by atoms with Crippen LogP contribution in [0.5, 0.6) is 0 Å². The Hall–Kier alpha value is -6.27. The van der Waals surface area contributed by atoms with E-state index >= 15 is 0 Å². The van der Waals surface area contributed by atoms with Gasteiger partial charge in [0.1, 0.15) is 23.7 Å². The molecule has 61 heavy (non-hydrogen) atoms. The molecule has 4 aromatic carbocycles. The van der Waals surface area contributed by atoms with Crippen LogP contribution < -0.4 is 5.32 Å². The fourth-order valence-electron chi connectivity index (χ4n) is 9.55. The number of fused-ring (bicyclic) bond motifs is 1. The molecule has 0 saturated carbocycles. The van der Waals surface area contributed by atoms with Crippen molar-refractivity contribution >= 4 is 28.7 Å². The molecule has 6 aromatic rings. The van der Waals surface area contributed by atoms with Gasteiger partial charge in [0.05, 0.1) is 43.0 Å². The van der Waals surface area contributed by atoms with Gasteiger partial charge >= 0.3 is 6.09 Å². The van der Waals surface area contributed by atoms with Gasteiger partial charge in [-0.2, -0.15) is 0 Å². The Morgan fingerprint density at radius 2 is 1.20 bits per heavy atom. The average Bonchev–Trinajstić information content (AvgIpc) is 4.15. The predicted octanol–water partition coefficient (Wildman–Crippen LogP) is 8.83. The lowest BCUT2D eigenvalue weighted by Crippen LogP contribution is -2.51. The van der Waals surface area contributed by atoms with E-state index in [-0.39, 0.29) is 35.9 Å². The molecule has 2 aromatic heterocycles. The van der Waals surface area contributed by atoms with Gasteiger partial charge in [0.15, 0.2) is 0 Å². The van der Waals surface area contributed by atoms with Crippen molar-refractivity contribution in [2.24, 2.45) is 5.92 Å². The summed E-state index contributed by atoms with van der Waals surface area (Å²) >= 11 is 0. The first-order valence-electron chi connectivity index (χ1n) is 21.7. The van der Waals surface area contributed by atoms with Gasteiger partial charge in [-0.25, -0.2) is 14.8 Å². The van der Waals surface area contributed by atoms with Gasteiger partial charge in [0.2, 0.25) is 11.8 Å². The number of carbonyl (C=O) groups excluding carboxylic acids is 3. The maximum atomic E-state index is 14.3. The molecule has 4 atom stereocenters. The minimum Gasteiger partial charge on any atom is -0.453 e. The number of hydrogen-bond acceptors (Lipinski definition) is 7. The summed E-state index contributed by atoms with van der Waals surface area (Å²) in [6, 6.07) is 30.5. The number of carbonyl (C=O) groups is 3. The number of benzene rings is 4. The van der Waals surface area contributed by atoms with Crippen molar-refractivity contribution in [2.45, 2.75) is 76.5 Å². The Labute approximate surface area is 356 Å². The van der Waals surface area contributed by atoms with Gasteiger partial charge in [-0.1, -0.05) is 92.7 Å². The molecule has 3 amide bonds. The van der Waals surface area contributed by atoms with E-state index in [1.165, 1.54) is 7.11 Å². The number of likely N-dealkylation sites (tertiary alicyclic amines) is 3. The van der Waals surface area contributed by atoms with E-state index in [0.29, 0.717) is 6.54 Å². The summed E-state index contributed by atoms with van der Waals surface area (Å²) in [6.07, 6.45) is 8.88. The smallest absolute Gasteiger partial charge is 0.407 e. The maximum absolute atomic E-state index is 14.3. The van der Waals surface area contributed by atoms with Crippen molar-refractivity contribution in [3.63, 3.8) is 0 Å². The van der Waals surface area contributed by atoms with Crippen molar-refractivity contribution in [3.05, 3.63) is 121 Å².